The Labute approximate surface area is 108 Å². The van der Waals surface area contributed by atoms with Gasteiger partial charge in [0.25, 0.3) is 0 Å². The van der Waals surface area contributed by atoms with E-state index in [4.69, 9.17) is 6.42 Å². The van der Waals surface area contributed by atoms with Gasteiger partial charge in [-0.15, -0.1) is 6.42 Å². The Morgan fingerprint density at radius 2 is 2.00 bits per heavy atom. The standard InChI is InChI=1S/C15H17N3/c1-4-15(2,3)16-12-13-10-11-18(17-13)14-8-6-5-7-9-14/h1,5-11,16H,12H2,2-3H3. The highest BCUT2D eigenvalue weighted by atomic mass is 15.3. The molecule has 0 radical (unpaired) electrons. The average Bonchev–Trinajstić information content (AvgIpc) is 2.86. The largest absolute Gasteiger partial charge is 0.296 e. The predicted octanol–water partition coefficient (Wildman–Crippen LogP) is 2.37. The van der Waals surface area contributed by atoms with Crippen molar-refractivity contribution in [1.82, 2.24) is 15.1 Å². The van der Waals surface area contributed by atoms with E-state index in [1.807, 2.05) is 61.1 Å². The van der Waals surface area contributed by atoms with Gasteiger partial charge in [0.2, 0.25) is 0 Å². The summed E-state index contributed by atoms with van der Waals surface area (Å²) in [6.07, 6.45) is 7.38. The van der Waals surface area contributed by atoms with Crippen LogP contribution < -0.4 is 5.32 Å². The zero-order valence-corrected chi connectivity index (χ0v) is 10.7. The molecule has 0 bridgehead atoms. The number of para-hydroxylation sites is 1. The maximum atomic E-state index is 5.43. The third-order valence-corrected chi connectivity index (χ3v) is 2.74. The first-order chi connectivity index (χ1) is 8.61. The molecule has 0 aliphatic carbocycles. The Morgan fingerprint density at radius 1 is 1.28 bits per heavy atom. The van der Waals surface area contributed by atoms with Crippen molar-refractivity contribution in [2.75, 3.05) is 0 Å². The minimum absolute atomic E-state index is 0.309. The van der Waals surface area contributed by atoms with Gasteiger partial charge in [-0.1, -0.05) is 24.1 Å². The van der Waals surface area contributed by atoms with Crippen LogP contribution in [0.25, 0.3) is 5.69 Å². The van der Waals surface area contributed by atoms with Crippen LogP contribution in [0.1, 0.15) is 19.5 Å². The van der Waals surface area contributed by atoms with Crippen LogP contribution in [0.15, 0.2) is 42.6 Å². The highest BCUT2D eigenvalue weighted by Crippen LogP contribution is 2.08. The molecule has 0 aliphatic heterocycles. The Bertz CT molecular complexity index is 547. The third kappa shape index (κ3) is 2.99. The SMILES string of the molecule is C#CC(C)(C)NCc1ccn(-c2ccccc2)n1. The summed E-state index contributed by atoms with van der Waals surface area (Å²) in [5.74, 6) is 2.70. The maximum absolute atomic E-state index is 5.43. The summed E-state index contributed by atoms with van der Waals surface area (Å²) in [5.41, 5.74) is 1.72. The van der Waals surface area contributed by atoms with Crippen molar-refractivity contribution in [1.29, 1.82) is 0 Å². The van der Waals surface area contributed by atoms with Gasteiger partial charge in [-0.2, -0.15) is 5.10 Å². The highest BCUT2D eigenvalue weighted by molar-refractivity contribution is 5.30. The first-order valence-electron chi connectivity index (χ1n) is 5.93. The summed E-state index contributed by atoms with van der Waals surface area (Å²) in [6.45, 7) is 4.61. The molecule has 92 valence electrons. The average molecular weight is 239 g/mol. The van der Waals surface area contributed by atoms with E-state index in [-0.39, 0.29) is 5.54 Å². The van der Waals surface area contributed by atoms with E-state index in [2.05, 4.69) is 16.3 Å². The molecule has 0 unspecified atom stereocenters. The number of terminal acetylenes is 1. The summed E-state index contributed by atoms with van der Waals surface area (Å²) in [7, 11) is 0. The molecule has 3 nitrogen and oxygen atoms in total. The Kier molecular flexibility index (Phi) is 3.50. The lowest BCUT2D eigenvalue weighted by Gasteiger charge is -2.18. The summed E-state index contributed by atoms with van der Waals surface area (Å²) >= 11 is 0. The van der Waals surface area contributed by atoms with E-state index in [1.165, 1.54) is 0 Å². The molecule has 18 heavy (non-hydrogen) atoms. The van der Waals surface area contributed by atoms with E-state index in [0.29, 0.717) is 6.54 Å². The minimum atomic E-state index is -0.309. The zero-order valence-electron chi connectivity index (χ0n) is 10.7. The van der Waals surface area contributed by atoms with Crippen LogP contribution in [0.5, 0.6) is 0 Å². The smallest absolute Gasteiger partial charge is 0.0767 e. The lowest BCUT2D eigenvalue weighted by atomic mass is 10.1. The monoisotopic (exact) mass is 239 g/mol. The van der Waals surface area contributed by atoms with Crippen molar-refractivity contribution < 1.29 is 0 Å². The highest BCUT2D eigenvalue weighted by Gasteiger charge is 2.12. The molecule has 0 saturated heterocycles. The van der Waals surface area contributed by atoms with Crippen LogP contribution >= 0.6 is 0 Å². The summed E-state index contributed by atoms with van der Waals surface area (Å²) < 4.78 is 1.86. The van der Waals surface area contributed by atoms with Gasteiger partial charge in [0.1, 0.15) is 0 Å². The zero-order chi connectivity index (χ0) is 13.0. The van der Waals surface area contributed by atoms with Gasteiger partial charge in [-0.25, -0.2) is 4.68 Å². The van der Waals surface area contributed by atoms with Crippen LogP contribution in [0.2, 0.25) is 0 Å². The Balaban J connectivity index is 2.06. The quantitative estimate of drug-likeness (QED) is 0.830. The molecule has 0 saturated carbocycles. The van der Waals surface area contributed by atoms with E-state index in [0.717, 1.165) is 11.4 Å². The van der Waals surface area contributed by atoms with Gasteiger partial charge >= 0.3 is 0 Å². The van der Waals surface area contributed by atoms with Crippen LogP contribution in [-0.2, 0) is 6.54 Å². The lowest BCUT2D eigenvalue weighted by molar-refractivity contribution is 0.485. The van der Waals surface area contributed by atoms with Crippen LogP contribution in [-0.4, -0.2) is 15.3 Å². The van der Waals surface area contributed by atoms with Crippen molar-refractivity contribution in [2.24, 2.45) is 0 Å². The normalized spacial score (nSPS) is 11.2. The second-order valence-electron chi connectivity index (χ2n) is 4.71. The molecule has 1 aromatic carbocycles. The van der Waals surface area contributed by atoms with Crippen LogP contribution in [0.3, 0.4) is 0 Å². The molecule has 3 heteroatoms. The predicted molar refractivity (Wildman–Crippen MR) is 73.3 cm³/mol. The molecule has 2 aromatic rings. The molecule has 0 fully saturated rings. The molecule has 1 heterocycles. The topological polar surface area (TPSA) is 29.9 Å². The molecule has 0 aliphatic rings. The molecule has 2 rings (SSSR count). The number of nitrogens with zero attached hydrogens (tertiary/aromatic N) is 2. The van der Waals surface area contributed by atoms with Gasteiger partial charge in [-0.3, -0.25) is 5.32 Å². The molecule has 1 aromatic heterocycles. The lowest BCUT2D eigenvalue weighted by Crippen LogP contribution is -2.37. The number of rotatable bonds is 4. The van der Waals surface area contributed by atoms with E-state index in [1.54, 1.807) is 0 Å². The van der Waals surface area contributed by atoms with E-state index >= 15 is 0 Å². The fraction of sp³-hybridized carbons (Fsp3) is 0.267. The van der Waals surface area contributed by atoms with Crippen molar-refractivity contribution >= 4 is 0 Å². The van der Waals surface area contributed by atoms with Gasteiger partial charge < -0.3 is 0 Å². The second kappa shape index (κ2) is 5.07. The van der Waals surface area contributed by atoms with Gasteiger partial charge in [0, 0.05) is 12.7 Å². The number of nitrogens with one attached hydrogen (secondary N) is 1. The number of aromatic nitrogens is 2. The maximum Gasteiger partial charge on any atom is 0.0767 e. The summed E-state index contributed by atoms with van der Waals surface area (Å²) in [6, 6.07) is 12.0. The van der Waals surface area contributed by atoms with Crippen LogP contribution in [0, 0.1) is 12.3 Å². The molecule has 0 spiro atoms. The fourth-order valence-corrected chi connectivity index (χ4v) is 1.54. The fourth-order valence-electron chi connectivity index (χ4n) is 1.54. The molecular weight excluding hydrogens is 222 g/mol. The number of hydrogen-bond acceptors (Lipinski definition) is 2. The van der Waals surface area contributed by atoms with Gasteiger partial charge in [-0.05, 0) is 32.0 Å². The van der Waals surface area contributed by atoms with Crippen LogP contribution in [0.4, 0.5) is 0 Å². The molecule has 1 N–H and O–H groups in total. The van der Waals surface area contributed by atoms with E-state index in [9.17, 15) is 0 Å². The van der Waals surface area contributed by atoms with E-state index < -0.39 is 0 Å². The molecule has 0 amide bonds. The number of benzene rings is 1. The second-order valence-corrected chi connectivity index (χ2v) is 4.71. The summed E-state index contributed by atoms with van der Waals surface area (Å²) in [4.78, 5) is 0. The van der Waals surface area contributed by atoms with Crippen molar-refractivity contribution in [3.05, 3.63) is 48.3 Å². The Hall–Kier alpha value is -2.05. The van der Waals surface area contributed by atoms with Crippen molar-refractivity contribution in [3.8, 4) is 18.0 Å². The first-order valence-corrected chi connectivity index (χ1v) is 5.93. The minimum Gasteiger partial charge on any atom is -0.296 e. The van der Waals surface area contributed by atoms with Crippen molar-refractivity contribution in [3.63, 3.8) is 0 Å². The van der Waals surface area contributed by atoms with Gasteiger partial charge in [0.15, 0.2) is 0 Å². The number of hydrogen-bond donors (Lipinski definition) is 1. The Morgan fingerprint density at radius 3 is 2.67 bits per heavy atom. The van der Waals surface area contributed by atoms with Gasteiger partial charge in [0.05, 0.1) is 16.9 Å². The summed E-state index contributed by atoms with van der Waals surface area (Å²) in [5, 5.41) is 7.78. The molecular formula is C15H17N3. The van der Waals surface area contributed by atoms with Crippen molar-refractivity contribution in [2.45, 2.75) is 25.9 Å². The first kappa shape index (κ1) is 12.4. The third-order valence-electron chi connectivity index (χ3n) is 2.74. The molecule has 0 atom stereocenters.